The molecule has 4 N–H and O–H groups in total. The van der Waals surface area contributed by atoms with Gasteiger partial charge in [0.15, 0.2) is 0 Å². The summed E-state index contributed by atoms with van der Waals surface area (Å²) in [6.07, 6.45) is 2.55. The van der Waals surface area contributed by atoms with Gasteiger partial charge in [-0.15, -0.1) is 11.3 Å². The number of carbonyl (C=O) groups is 1. The predicted molar refractivity (Wildman–Crippen MR) is 88.3 cm³/mol. The molecule has 0 spiro atoms. The molecule has 1 aromatic rings. The van der Waals surface area contributed by atoms with Crippen LogP contribution in [0, 0.1) is 0 Å². The van der Waals surface area contributed by atoms with Crippen molar-refractivity contribution in [1.29, 1.82) is 0 Å². The third kappa shape index (κ3) is 4.11. The molecule has 0 radical (unpaired) electrons. The van der Waals surface area contributed by atoms with Gasteiger partial charge in [-0.2, -0.15) is 0 Å². The van der Waals surface area contributed by atoms with E-state index in [2.05, 4.69) is 10.6 Å². The van der Waals surface area contributed by atoms with Crippen molar-refractivity contribution in [2.45, 2.75) is 45.6 Å². The fourth-order valence-electron chi connectivity index (χ4n) is 2.23. The van der Waals surface area contributed by atoms with E-state index in [0.29, 0.717) is 29.6 Å². The van der Waals surface area contributed by atoms with Crippen LogP contribution in [0.4, 0.5) is 10.7 Å². The summed E-state index contributed by atoms with van der Waals surface area (Å²) in [5.74, 6) is 0.436. The predicted octanol–water partition coefficient (Wildman–Crippen LogP) is 2.79. The maximum Gasteiger partial charge on any atom is 0.263 e. The van der Waals surface area contributed by atoms with Crippen LogP contribution in [-0.4, -0.2) is 31.7 Å². The van der Waals surface area contributed by atoms with Crippen LogP contribution in [0.5, 0.6) is 0 Å². The Labute approximate surface area is 130 Å². The smallest absolute Gasteiger partial charge is 0.263 e. The molecular formula is C15H25N3O2S. The molecule has 1 aromatic heterocycles. The van der Waals surface area contributed by atoms with Crippen LogP contribution in [0.1, 0.15) is 54.8 Å². The summed E-state index contributed by atoms with van der Waals surface area (Å²) < 4.78 is 5.53. The summed E-state index contributed by atoms with van der Waals surface area (Å²) in [4.78, 5) is 12.7. The maximum absolute atomic E-state index is 12.1. The molecule has 1 saturated carbocycles. The van der Waals surface area contributed by atoms with Gasteiger partial charge in [-0.05, 0) is 39.5 Å². The summed E-state index contributed by atoms with van der Waals surface area (Å²) in [6.45, 7) is 7.94. The van der Waals surface area contributed by atoms with E-state index < -0.39 is 0 Å². The monoisotopic (exact) mass is 311 g/mol. The lowest BCUT2D eigenvalue weighted by Crippen LogP contribution is -2.22. The zero-order valence-electron chi connectivity index (χ0n) is 13.0. The second kappa shape index (κ2) is 7.13. The molecule has 5 nitrogen and oxygen atoms in total. The normalized spacial score (nSPS) is 14.5. The Kier molecular flexibility index (Phi) is 5.47. The Morgan fingerprint density at radius 3 is 2.76 bits per heavy atom. The number of nitrogens with one attached hydrogen (secondary N) is 2. The van der Waals surface area contributed by atoms with Gasteiger partial charge < -0.3 is 21.1 Å². The number of hydrogen-bond acceptors (Lipinski definition) is 5. The van der Waals surface area contributed by atoms with Crippen molar-refractivity contribution < 1.29 is 9.53 Å². The van der Waals surface area contributed by atoms with Gasteiger partial charge in [-0.3, -0.25) is 4.79 Å². The van der Waals surface area contributed by atoms with Crippen molar-refractivity contribution in [1.82, 2.24) is 5.32 Å². The highest BCUT2D eigenvalue weighted by atomic mass is 32.1. The number of carbonyl (C=O) groups excluding carboxylic acids is 1. The highest BCUT2D eigenvalue weighted by molar-refractivity contribution is 7.18. The quantitative estimate of drug-likeness (QED) is 0.645. The molecule has 118 valence electrons. The molecule has 0 saturated heterocycles. The highest BCUT2D eigenvalue weighted by Gasteiger charge is 2.32. The molecular weight excluding hydrogens is 286 g/mol. The number of hydrogen-bond donors (Lipinski definition) is 3. The summed E-state index contributed by atoms with van der Waals surface area (Å²) in [5, 5.41) is 7.24. The third-order valence-corrected chi connectivity index (χ3v) is 4.53. The minimum Gasteiger partial charge on any atom is -0.397 e. The van der Waals surface area contributed by atoms with Gasteiger partial charge in [-0.1, -0.05) is 0 Å². The molecule has 2 rings (SSSR count). The lowest BCUT2D eigenvalue weighted by atomic mass is 10.1. The second-order valence-electron chi connectivity index (χ2n) is 5.57. The van der Waals surface area contributed by atoms with Crippen LogP contribution < -0.4 is 16.4 Å². The average Bonchev–Trinajstić information content (AvgIpc) is 3.19. The second-order valence-corrected chi connectivity index (χ2v) is 6.59. The van der Waals surface area contributed by atoms with Gasteiger partial charge in [0.25, 0.3) is 5.91 Å². The van der Waals surface area contributed by atoms with Crippen molar-refractivity contribution in [2.75, 3.05) is 30.7 Å². The van der Waals surface area contributed by atoms with Gasteiger partial charge in [0.2, 0.25) is 0 Å². The number of nitrogen functional groups attached to an aromatic ring is 1. The lowest BCUT2D eigenvalue weighted by molar-refractivity contribution is 0.0871. The summed E-state index contributed by atoms with van der Waals surface area (Å²) >= 11 is 1.46. The largest absolute Gasteiger partial charge is 0.397 e. The summed E-state index contributed by atoms with van der Waals surface area (Å²) in [7, 11) is 0. The van der Waals surface area contributed by atoms with Crippen LogP contribution in [0.2, 0.25) is 0 Å². The van der Waals surface area contributed by atoms with E-state index in [4.69, 9.17) is 10.5 Å². The van der Waals surface area contributed by atoms with Crippen molar-refractivity contribution in [3.05, 3.63) is 10.4 Å². The number of anilines is 2. The van der Waals surface area contributed by atoms with Gasteiger partial charge in [0.05, 0.1) is 23.4 Å². The first-order chi connectivity index (χ1) is 10.0. The molecule has 0 atom stereocenters. The first-order valence-corrected chi connectivity index (χ1v) is 8.42. The SMILES string of the molecule is CCNC(=O)c1sc(NCCOC(C)C)c(C2CC2)c1N. The highest BCUT2D eigenvalue weighted by Crippen LogP contribution is 2.50. The van der Waals surface area contributed by atoms with Crippen molar-refractivity contribution in [2.24, 2.45) is 0 Å². The van der Waals surface area contributed by atoms with Crippen LogP contribution in [0.3, 0.4) is 0 Å². The molecule has 0 unspecified atom stereocenters. The number of nitrogens with two attached hydrogens (primary N) is 1. The Hall–Kier alpha value is -1.27. The molecule has 0 aromatic carbocycles. The number of thiophene rings is 1. The van der Waals surface area contributed by atoms with E-state index in [-0.39, 0.29) is 12.0 Å². The Morgan fingerprint density at radius 1 is 1.48 bits per heavy atom. The maximum atomic E-state index is 12.1. The van der Waals surface area contributed by atoms with Crippen LogP contribution in [-0.2, 0) is 4.74 Å². The lowest BCUT2D eigenvalue weighted by Gasteiger charge is -2.10. The van der Waals surface area contributed by atoms with Crippen molar-refractivity contribution >= 4 is 27.9 Å². The van der Waals surface area contributed by atoms with Gasteiger partial charge >= 0.3 is 0 Å². The van der Waals surface area contributed by atoms with E-state index in [1.807, 2.05) is 20.8 Å². The minimum absolute atomic E-state index is 0.0756. The molecule has 1 amide bonds. The first kappa shape index (κ1) is 16.1. The molecule has 1 aliphatic rings. The zero-order chi connectivity index (χ0) is 15.4. The molecule has 6 heteroatoms. The molecule has 1 aliphatic carbocycles. The zero-order valence-corrected chi connectivity index (χ0v) is 13.8. The first-order valence-electron chi connectivity index (χ1n) is 7.60. The van der Waals surface area contributed by atoms with Crippen LogP contribution >= 0.6 is 11.3 Å². The Morgan fingerprint density at radius 2 is 2.19 bits per heavy atom. The fourth-order valence-corrected chi connectivity index (χ4v) is 3.38. The molecule has 0 aliphatic heterocycles. The van der Waals surface area contributed by atoms with E-state index in [1.54, 1.807) is 0 Å². The van der Waals surface area contributed by atoms with Crippen molar-refractivity contribution in [3.8, 4) is 0 Å². The number of amides is 1. The molecule has 21 heavy (non-hydrogen) atoms. The number of ether oxygens (including phenoxy) is 1. The minimum atomic E-state index is -0.0756. The average molecular weight is 311 g/mol. The van der Waals surface area contributed by atoms with Gasteiger partial charge in [-0.25, -0.2) is 0 Å². The van der Waals surface area contributed by atoms with Gasteiger partial charge in [0, 0.05) is 18.7 Å². The summed E-state index contributed by atoms with van der Waals surface area (Å²) in [6, 6.07) is 0. The molecule has 0 bridgehead atoms. The third-order valence-electron chi connectivity index (χ3n) is 3.35. The fraction of sp³-hybridized carbons (Fsp3) is 0.667. The van der Waals surface area contributed by atoms with Crippen LogP contribution in [0.15, 0.2) is 0 Å². The molecule has 1 fully saturated rings. The number of rotatable bonds is 8. The van der Waals surface area contributed by atoms with E-state index in [9.17, 15) is 4.79 Å². The van der Waals surface area contributed by atoms with E-state index in [1.165, 1.54) is 11.3 Å². The van der Waals surface area contributed by atoms with E-state index in [0.717, 1.165) is 30.0 Å². The Balaban J connectivity index is 2.08. The van der Waals surface area contributed by atoms with Crippen molar-refractivity contribution in [3.63, 3.8) is 0 Å². The van der Waals surface area contributed by atoms with Crippen LogP contribution in [0.25, 0.3) is 0 Å². The molecule has 1 heterocycles. The Bertz CT molecular complexity index is 495. The van der Waals surface area contributed by atoms with E-state index >= 15 is 0 Å². The van der Waals surface area contributed by atoms with Gasteiger partial charge in [0.1, 0.15) is 4.88 Å². The summed E-state index contributed by atoms with van der Waals surface area (Å²) in [5.41, 5.74) is 7.99. The standard InChI is InChI=1S/C15H25N3O2S/c1-4-17-14(19)13-12(16)11(10-5-6-10)15(21-13)18-7-8-20-9(2)3/h9-10,18H,4-8,16H2,1-3H3,(H,17,19). The topological polar surface area (TPSA) is 76.4 Å².